The summed E-state index contributed by atoms with van der Waals surface area (Å²) in [6, 6.07) is 0. The van der Waals surface area contributed by atoms with Gasteiger partial charge in [0.2, 0.25) is 0 Å². The molecule has 52 valence electrons. The minimum Gasteiger partial charge on any atom is -1.00 e. The van der Waals surface area contributed by atoms with Gasteiger partial charge in [-0.15, -0.1) is 0 Å². The van der Waals surface area contributed by atoms with Crippen LogP contribution in [0.1, 0.15) is 22.2 Å². The second-order valence-electron chi connectivity index (χ2n) is 3.44. The molecule has 0 aliphatic heterocycles. The summed E-state index contributed by atoms with van der Waals surface area (Å²) >= 11 is 0. The van der Waals surface area contributed by atoms with Crippen LogP contribution in [-0.2, 0) is 0 Å². The van der Waals surface area contributed by atoms with Gasteiger partial charge in [0.15, 0.2) is 0 Å². The van der Waals surface area contributed by atoms with Gasteiger partial charge in [-0.25, -0.2) is 0 Å². The molecule has 10 heavy (non-hydrogen) atoms. The quantitative estimate of drug-likeness (QED) is 0.382. The van der Waals surface area contributed by atoms with E-state index in [9.17, 15) is 0 Å². The first-order valence-electron chi connectivity index (χ1n) is 3.40. The maximum absolute atomic E-state index is 2.37. The first kappa shape index (κ1) is 10.7. The van der Waals surface area contributed by atoms with E-state index in [0.717, 1.165) is 0 Å². The summed E-state index contributed by atoms with van der Waals surface area (Å²) in [5.74, 6) is 0. The third-order valence-electron chi connectivity index (χ3n) is 2.05. The molecule has 1 aliphatic carbocycles. The van der Waals surface area contributed by atoms with Crippen LogP contribution in [0.5, 0.6) is 0 Å². The SMILES string of the molecule is CC1=CC(C)([SiH3])C(C)=C1.[H-].[Na+]. The van der Waals surface area contributed by atoms with Crippen LogP contribution in [0.3, 0.4) is 0 Å². The van der Waals surface area contributed by atoms with E-state index in [0.29, 0.717) is 5.04 Å². The molecule has 0 nitrogen and oxygen atoms in total. The molecule has 0 aromatic rings. The Labute approximate surface area is 90.0 Å². The van der Waals surface area contributed by atoms with E-state index in [-0.39, 0.29) is 31.0 Å². The summed E-state index contributed by atoms with van der Waals surface area (Å²) in [5.41, 5.74) is 2.97. The number of rotatable bonds is 0. The molecule has 0 heterocycles. The first-order chi connectivity index (χ1) is 4.02. The Hall–Kier alpha value is 0.697. The monoisotopic (exact) mass is 162 g/mol. The van der Waals surface area contributed by atoms with Crippen molar-refractivity contribution < 1.29 is 31.0 Å². The Morgan fingerprint density at radius 2 is 2.00 bits per heavy atom. The van der Waals surface area contributed by atoms with Gasteiger partial charge in [-0.3, -0.25) is 0 Å². The van der Waals surface area contributed by atoms with Crippen molar-refractivity contribution in [2.24, 2.45) is 0 Å². The van der Waals surface area contributed by atoms with Gasteiger partial charge in [0.25, 0.3) is 0 Å². The first-order valence-corrected chi connectivity index (χ1v) is 4.40. The zero-order valence-electron chi connectivity index (χ0n) is 8.65. The summed E-state index contributed by atoms with van der Waals surface area (Å²) in [4.78, 5) is 0. The van der Waals surface area contributed by atoms with Gasteiger partial charge in [-0.1, -0.05) is 30.2 Å². The van der Waals surface area contributed by atoms with Gasteiger partial charge in [-0.05, 0) is 18.9 Å². The fraction of sp³-hybridized carbons (Fsp3) is 0.500. The van der Waals surface area contributed by atoms with Gasteiger partial charge in [0, 0.05) is 10.2 Å². The molecule has 2 heteroatoms. The molecule has 0 spiro atoms. The van der Waals surface area contributed by atoms with Gasteiger partial charge in [-0.2, -0.15) is 0 Å². The molecule has 1 unspecified atom stereocenters. The van der Waals surface area contributed by atoms with Crippen LogP contribution in [0.25, 0.3) is 0 Å². The van der Waals surface area contributed by atoms with E-state index >= 15 is 0 Å². The fourth-order valence-electron chi connectivity index (χ4n) is 1.25. The molecule has 0 saturated carbocycles. The molecule has 1 atom stereocenters. The predicted molar refractivity (Wildman–Crippen MR) is 46.9 cm³/mol. The van der Waals surface area contributed by atoms with Crippen molar-refractivity contribution in [1.82, 2.24) is 0 Å². The molecule has 1 aliphatic rings. The second kappa shape index (κ2) is 3.40. The van der Waals surface area contributed by atoms with E-state index in [1.807, 2.05) is 0 Å². The van der Waals surface area contributed by atoms with Crippen molar-refractivity contribution in [1.29, 1.82) is 0 Å². The van der Waals surface area contributed by atoms with Crippen molar-refractivity contribution in [3.63, 3.8) is 0 Å². The molecular weight excluding hydrogens is 147 g/mol. The Kier molecular flexibility index (Phi) is 3.63. The van der Waals surface area contributed by atoms with Gasteiger partial charge >= 0.3 is 29.6 Å². The Morgan fingerprint density at radius 1 is 1.50 bits per heavy atom. The maximum Gasteiger partial charge on any atom is 1.00 e. The maximum atomic E-state index is 2.37. The zero-order chi connectivity index (χ0) is 7.07. The molecular formula is C8H15NaSi. The van der Waals surface area contributed by atoms with Crippen molar-refractivity contribution in [2.45, 2.75) is 25.8 Å². The Balaban J connectivity index is 0. The van der Waals surface area contributed by atoms with Gasteiger partial charge in [0.05, 0.1) is 0 Å². The average Bonchev–Trinajstić information content (AvgIpc) is 1.79. The van der Waals surface area contributed by atoms with E-state index in [4.69, 9.17) is 0 Å². The normalized spacial score (nSPS) is 31.1. The summed E-state index contributed by atoms with van der Waals surface area (Å²) in [7, 11) is 1.24. The molecule has 0 amide bonds. The molecule has 1 rings (SSSR count). The molecule has 0 fully saturated rings. The summed E-state index contributed by atoms with van der Waals surface area (Å²) in [6.07, 6.45) is 4.65. The summed E-state index contributed by atoms with van der Waals surface area (Å²) < 4.78 is 0. The van der Waals surface area contributed by atoms with Crippen LogP contribution in [-0.4, -0.2) is 10.2 Å². The third-order valence-corrected chi connectivity index (χ3v) is 3.13. The second-order valence-corrected chi connectivity index (χ2v) is 5.51. The van der Waals surface area contributed by atoms with Crippen LogP contribution in [0.4, 0.5) is 0 Å². The Morgan fingerprint density at radius 3 is 2.10 bits per heavy atom. The standard InChI is InChI=1S/C8H14Si.Na.H/c1-6-4-7(2)8(3,9)5-6;;/h4-5H,1-3,9H3;;/q;+1;-1. The average molecular weight is 162 g/mol. The third kappa shape index (κ3) is 2.09. The van der Waals surface area contributed by atoms with Crippen LogP contribution >= 0.6 is 0 Å². The molecule has 0 aromatic heterocycles. The van der Waals surface area contributed by atoms with E-state index in [1.54, 1.807) is 0 Å². The molecule has 0 aromatic carbocycles. The topological polar surface area (TPSA) is 0 Å². The van der Waals surface area contributed by atoms with E-state index in [2.05, 4.69) is 32.9 Å². The van der Waals surface area contributed by atoms with Crippen molar-refractivity contribution in [3.05, 3.63) is 23.3 Å². The smallest absolute Gasteiger partial charge is 1.00 e. The molecule has 0 N–H and O–H groups in total. The summed E-state index contributed by atoms with van der Waals surface area (Å²) in [5, 5.41) is 0.462. The van der Waals surface area contributed by atoms with Crippen LogP contribution in [0, 0.1) is 0 Å². The fourth-order valence-corrected chi connectivity index (χ4v) is 1.85. The molecule has 0 radical (unpaired) electrons. The Bertz CT molecular complexity index is 194. The van der Waals surface area contributed by atoms with Crippen LogP contribution in [0.15, 0.2) is 23.3 Å². The zero-order valence-corrected chi connectivity index (χ0v) is 11.7. The molecule has 0 saturated heterocycles. The van der Waals surface area contributed by atoms with Gasteiger partial charge in [0.1, 0.15) is 0 Å². The minimum absolute atomic E-state index is 0. The number of hydrogen-bond donors (Lipinski definition) is 0. The van der Waals surface area contributed by atoms with E-state index < -0.39 is 0 Å². The van der Waals surface area contributed by atoms with Crippen LogP contribution < -0.4 is 29.6 Å². The number of hydrogen-bond acceptors (Lipinski definition) is 0. The van der Waals surface area contributed by atoms with Crippen molar-refractivity contribution >= 4 is 10.2 Å². The van der Waals surface area contributed by atoms with Crippen LogP contribution in [0.2, 0.25) is 5.04 Å². The largest absolute Gasteiger partial charge is 1.00 e. The number of allylic oxidation sites excluding steroid dienone is 4. The van der Waals surface area contributed by atoms with Crippen molar-refractivity contribution in [3.8, 4) is 0 Å². The van der Waals surface area contributed by atoms with E-state index in [1.165, 1.54) is 21.4 Å². The van der Waals surface area contributed by atoms with Gasteiger partial charge < -0.3 is 1.43 Å². The summed E-state index contributed by atoms with van der Waals surface area (Å²) in [6.45, 7) is 6.70. The predicted octanol–water partition coefficient (Wildman–Crippen LogP) is -1.45. The minimum atomic E-state index is 0. The molecule has 0 bridgehead atoms. The van der Waals surface area contributed by atoms with Crippen molar-refractivity contribution in [2.75, 3.05) is 0 Å².